The van der Waals surface area contributed by atoms with Crippen LogP contribution in [0.5, 0.6) is 0 Å². The summed E-state index contributed by atoms with van der Waals surface area (Å²) in [5.74, 6) is -1.14. The number of nitrogens with one attached hydrogen (secondary N) is 1. The molecule has 0 unspecified atom stereocenters. The Morgan fingerprint density at radius 3 is 2.65 bits per heavy atom. The summed E-state index contributed by atoms with van der Waals surface area (Å²) in [6.07, 6.45) is -2.64. The maximum atomic E-state index is 13.6. The van der Waals surface area contributed by atoms with Crippen LogP contribution in [0, 0.1) is 5.82 Å². The van der Waals surface area contributed by atoms with Crippen LogP contribution in [0.1, 0.15) is 0 Å². The zero-order chi connectivity index (χ0) is 15.3. The molecule has 20 heavy (non-hydrogen) atoms. The highest BCUT2D eigenvalue weighted by Crippen LogP contribution is 2.25. The van der Waals surface area contributed by atoms with Crippen LogP contribution in [0.25, 0.3) is 0 Å². The first-order valence-electron chi connectivity index (χ1n) is 5.34. The Morgan fingerprint density at radius 1 is 1.40 bits per heavy atom. The number of ether oxygens (including phenoxy) is 1. The van der Waals surface area contributed by atoms with Crippen LogP contribution in [-0.2, 0) is 14.8 Å². The van der Waals surface area contributed by atoms with Gasteiger partial charge in [0.05, 0.1) is 11.6 Å². The van der Waals surface area contributed by atoms with E-state index in [1.54, 1.807) is 0 Å². The van der Waals surface area contributed by atoms with Crippen LogP contribution < -0.4 is 10.5 Å². The van der Waals surface area contributed by atoms with Crippen molar-refractivity contribution in [1.29, 1.82) is 0 Å². The van der Waals surface area contributed by atoms with Crippen LogP contribution in [-0.4, -0.2) is 34.6 Å². The summed E-state index contributed by atoms with van der Waals surface area (Å²) in [5.41, 5.74) is 5.36. The van der Waals surface area contributed by atoms with E-state index in [1.807, 2.05) is 4.72 Å². The molecule has 10 heteroatoms. The van der Waals surface area contributed by atoms with Gasteiger partial charge in [0.25, 0.3) is 6.43 Å². The van der Waals surface area contributed by atoms with Crippen LogP contribution in [0.4, 0.5) is 18.9 Å². The number of hydrogen-bond donors (Lipinski definition) is 2. The molecule has 1 rings (SSSR count). The zero-order valence-corrected chi connectivity index (χ0v) is 11.6. The molecule has 0 amide bonds. The fourth-order valence-electron chi connectivity index (χ4n) is 1.28. The van der Waals surface area contributed by atoms with Gasteiger partial charge in [-0.3, -0.25) is 0 Å². The molecule has 0 aliphatic heterocycles. The molecule has 3 N–H and O–H groups in total. The number of halogens is 4. The lowest BCUT2D eigenvalue weighted by Gasteiger charge is -2.09. The van der Waals surface area contributed by atoms with Crippen molar-refractivity contribution in [2.24, 2.45) is 0 Å². The molecule has 1 aromatic rings. The second kappa shape index (κ2) is 7.11. The van der Waals surface area contributed by atoms with Crippen LogP contribution in [0.2, 0.25) is 5.02 Å². The predicted octanol–water partition coefficient (Wildman–Crippen LogP) is 1.62. The number of hydrogen-bond acceptors (Lipinski definition) is 4. The third kappa shape index (κ3) is 4.82. The van der Waals surface area contributed by atoms with Crippen LogP contribution in [0.15, 0.2) is 17.0 Å². The Morgan fingerprint density at radius 2 is 2.05 bits per heavy atom. The number of nitrogens with two attached hydrogens (primary N) is 1. The maximum Gasteiger partial charge on any atom is 0.261 e. The van der Waals surface area contributed by atoms with E-state index in [2.05, 4.69) is 4.74 Å². The number of alkyl halides is 2. The molecule has 0 atom stereocenters. The van der Waals surface area contributed by atoms with E-state index < -0.39 is 38.8 Å². The van der Waals surface area contributed by atoms with Gasteiger partial charge in [-0.15, -0.1) is 0 Å². The van der Waals surface area contributed by atoms with E-state index in [4.69, 9.17) is 17.3 Å². The van der Waals surface area contributed by atoms with Gasteiger partial charge < -0.3 is 10.5 Å². The Hall–Kier alpha value is -1.03. The molecule has 0 aliphatic rings. The summed E-state index contributed by atoms with van der Waals surface area (Å²) in [6.45, 7) is -1.37. The van der Waals surface area contributed by atoms with Crippen molar-refractivity contribution in [1.82, 2.24) is 4.72 Å². The van der Waals surface area contributed by atoms with E-state index in [0.717, 1.165) is 12.1 Å². The minimum absolute atomic E-state index is 0.0225. The molecule has 114 valence electrons. The summed E-state index contributed by atoms with van der Waals surface area (Å²) in [6, 6.07) is 1.98. The number of benzene rings is 1. The molecule has 0 bridgehead atoms. The van der Waals surface area contributed by atoms with Gasteiger partial charge in [0.15, 0.2) is 5.82 Å². The number of anilines is 1. The fraction of sp³-hybridized carbons (Fsp3) is 0.400. The van der Waals surface area contributed by atoms with Crippen molar-refractivity contribution in [3.63, 3.8) is 0 Å². The SMILES string of the molecule is Nc1cc(Cl)c(F)c(S(=O)(=O)NCCOCC(F)F)c1. The van der Waals surface area contributed by atoms with E-state index in [0.29, 0.717) is 0 Å². The molecule has 5 nitrogen and oxygen atoms in total. The molecule has 1 aromatic carbocycles. The minimum Gasteiger partial charge on any atom is -0.399 e. The Balaban J connectivity index is 2.70. The lowest BCUT2D eigenvalue weighted by Crippen LogP contribution is -2.28. The normalized spacial score (nSPS) is 12.1. The van der Waals surface area contributed by atoms with Gasteiger partial charge in [0.1, 0.15) is 11.5 Å². The summed E-state index contributed by atoms with van der Waals surface area (Å²) in [4.78, 5) is -0.712. The first-order chi connectivity index (χ1) is 9.24. The standard InChI is InChI=1S/C10H12ClF3N2O3S/c11-7-3-6(15)4-8(10(7)14)20(17,18)16-1-2-19-5-9(12)13/h3-4,9,16H,1-2,5,15H2. The number of sulfonamides is 1. The first kappa shape index (κ1) is 17.0. The maximum absolute atomic E-state index is 13.6. The highest BCUT2D eigenvalue weighted by atomic mass is 35.5. The van der Waals surface area contributed by atoms with E-state index in [-0.39, 0.29) is 18.8 Å². The van der Waals surface area contributed by atoms with Crippen molar-refractivity contribution in [3.8, 4) is 0 Å². The molecule has 0 saturated carbocycles. The highest BCUT2D eigenvalue weighted by molar-refractivity contribution is 7.89. The van der Waals surface area contributed by atoms with Crippen molar-refractivity contribution in [2.75, 3.05) is 25.5 Å². The molecule has 0 saturated heterocycles. The summed E-state index contributed by atoms with van der Waals surface area (Å²) < 4.78 is 67.2. The molecule has 0 aromatic heterocycles. The van der Waals surface area contributed by atoms with Crippen LogP contribution >= 0.6 is 11.6 Å². The van der Waals surface area contributed by atoms with Gasteiger partial charge in [0, 0.05) is 12.2 Å². The average Bonchev–Trinajstić information content (AvgIpc) is 2.32. The average molecular weight is 333 g/mol. The lowest BCUT2D eigenvalue weighted by atomic mass is 10.3. The Bertz CT molecular complexity index is 569. The van der Waals surface area contributed by atoms with Crippen molar-refractivity contribution in [2.45, 2.75) is 11.3 Å². The van der Waals surface area contributed by atoms with E-state index >= 15 is 0 Å². The molecule has 0 aliphatic carbocycles. The second-order valence-electron chi connectivity index (χ2n) is 3.68. The van der Waals surface area contributed by atoms with Gasteiger partial charge in [-0.1, -0.05) is 11.6 Å². The zero-order valence-electron chi connectivity index (χ0n) is 10.1. The van der Waals surface area contributed by atoms with Crippen molar-refractivity contribution in [3.05, 3.63) is 23.0 Å². The third-order valence-electron chi connectivity index (χ3n) is 2.09. The molecule has 0 fully saturated rings. The molecule has 0 spiro atoms. The van der Waals surface area contributed by atoms with Gasteiger partial charge in [-0.05, 0) is 12.1 Å². The topological polar surface area (TPSA) is 81.4 Å². The predicted molar refractivity (Wildman–Crippen MR) is 67.8 cm³/mol. The molecule has 0 heterocycles. The number of nitrogen functional groups attached to an aromatic ring is 1. The van der Waals surface area contributed by atoms with Gasteiger partial charge in [0.2, 0.25) is 10.0 Å². The van der Waals surface area contributed by atoms with Crippen LogP contribution in [0.3, 0.4) is 0 Å². The quantitative estimate of drug-likeness (QED) is 0.587. The Kier molecular flexibility index (Phi) is 6.06. The molecule has 0 radical (unpaired) electrons. The van der Waals surface area contributed by atoms with E-state index in [1.165, 1.54) is 0 Å². The van der Waals surface area contributed by atoms with E-state index in [9.17, 15) is 21.6 Å². The number of rotatable bonds is 7. The van der Waals surface area contributed by atoms with Gasteiger partial charge >= 0.3 is 0 Å². The van der Waals surface area contributed by atoms with Crippen molar-refractivity contribution < 1.29 is 26.3 Å². The summed E-state index contributed by atoms with van der Waals surface area (Å²) in [5, 5.41) is -0.431. The molecular weight excluding hydrogens is 321 g/mol. The second-order valence-corrected chi connectivity index (χ2v) is 5.82. The first-order valence-corrected chi connectivity index (χ1v) is 7.20. The third-order valence-corrected chi connectivity index (χ3v) is 3.82. The molecular formula is C10H12ClF3N2O3S. The minimum atomic E-state index is -4.19. The van der Waals surface area contributed by atoms with Gasteiger partial charge in [-0.25, -0.2) is 26.3 Å². The largest absolute Gasteiger partial charge is 0.399 e. The highest BCUT2D eigenvalue weighted by Gasteiger charge is 2.21. The van der Waals surface area contributed by atoms with Gasteiger partial charge in [-0.2, -0.15) is 0 Å². The fourth-order valence-corrected chi connectivity index (χ4v) is 2.71. The smallest absolute Gasteiger partial charge is 0.261 e. The van der Waals surface area contributed by atoms with Crippen molar-refractivity contribution >= 4 is 27.3 Å². The lowest BCUT2D eigenvalue weighted by molar-refractivity contribution is 0.0199. The Labute approximate surface area is 118 Å². The monoisotopic (exact) mass is 332 g/mol. The summed E-state index contributed by atoms with van der Waals surface area (Å²) >= 11 is 5.49. The summed E-state index contributed by atoms with van der Waals surface area (Å²) in [7, 11) is -4.19.